The first kappa shape index (κ1) is 15.5. The molecule has 3 heteroatoms. The molecular formula is C18H23FN2. The van der Waals surface area contributed by atoms with Crippen molar-refractivity contribution in [3.05, 3.63) is 59.4 Å². The lowest BCUT2D eigenvalue weighted by molar-refractivity contribution is 0.541. The first-order chi connectivity index (χ1) is 10.0. The van der Waals surface area contributed by atoms with Gasteiger partial charge in [0.05, 0.1) is 0 Å². The maximum Gasteiger partial charge on any atom is 0.130 e. The van der Waals surface area contributed by atoms with E-state index in [1.165, 1.54) is 11.6 Å². The van der Waals surface area contributed by atoms with Gasteiger partial charge in [-0.25, -0.2) is 4.39 Å². The molecule has 0 aliphatic carbocycles. The van der Waals surface area contributed by atoms with Crippen LogP contribution in [0.4, 0.5) is 15.8 Å². The third-order valence-corrected chi connectivity index (χ3v) is 3.72. The Morgan fingerprint density at radius 1 is 1.19 bits per heavy atom. The molecule has 0 fully saturated rings. The fourth-order valence-electron chi connectivity index (χ4n) is 2.63. The second kappa shape index (κ2) is 6.72. The zero-order valence-corrected chi connectivity index (χ0v) is 13.2. The largest absolute Gasteiger partial charge is 0.344 e. The standard InChI is InChI=1S/C18H23FN2/c1-5-20-14(3)18-16(19)10-7-11-17(18)21(4)15-9-6-8-13(2)12-15/h6-12,14,20H,5H2,1-4H3. The van der Waals surface area contributed by atoms with Crippen molar-refractivity contribution in [2.24, 2.45) is 0 Å². The van der Waals surface area contributed by atoms with Crippen molar-refractivity contribution in [3.63, 3.8) is 0 Å². The Kier molecular flexibility index (Phi) is 4.97. The van der Waals surface area contributed by atoms with Crippen LogP contribution in [0, 0.1) is 12.7 Å². The molecule has 0 heterocycles. The Morgan fingerprint density at radius 3 is 2.57 bits per heavy atom. The van der Waals surface area contributed by atoms with Gasteiger partial charge in [0.1, 0.15) is 5.82 Å². The third-order valence-electron chi connectivity index (χ3n) is 3.72. The summed E-state index contributed by atoms with van der Waals surface area (Å²) in [5.74, 6) is -0.166. The molecule has 1 atom stereocenters. The zero-order chi connectivity index (χ0) is 15.4. The molecule has 112 valence electrons. The highest BCUT2D eigenvalue weighted by Crippen LogP contribution is 2.32. The SMILES string of the molecule is CCNC(C)c1c(F)cccc1N(C)c1cccc(C)c1. The highest BCUT2D eigenvalue weighted by atomic mass is 19.1. The van der Waals surface area contributed by atoms with Crippen LogP contribution in [0.2, 0.25) is 0 Å². The minimum absolute atomic E-state index is 0.0292. The van der Waals surface area contributed by atoms with E-state index >= 15 is 0 Å². The first-order valence-corrected chi connectivity index (χ1v) is 7.36. The number of aryl methyl sites for hydroxylation is 1. The van der Waals surface area contributed by atoms with Crippen LogP contribution in [0.5, 0.6) is 0 Å². The molecule has 21 heavy (non-hydrogen) atoms. The van der Waals surface area contributed by atoms with Crippen LogP contribution in [0.25, 0.3) is 0 Å². The van der Waals surface area contributed by atoms with Crippen molar-refractivity contribution in [1.82, 2.24) is 5.32 Å². The van der Waals surface area contributed by atoms with E-state index in [0.29, 0.717) is 5.56 Å². The number of nitrogens with one attached hydrogen (secondary N) is 1. The molecular weight excluding hydrogens is 263 g/mol. The number of benzene rings is 2. The topological polar surface area (TPSA) is 15.3 Å². The lowest BCUT2D eigenvalue weighted by atomic mass is 10.0. The van der Waals surface area contributed by atoms with E-state index in [1.54, 1.807) is 6.07 Å². The smallest absolute Gasteiger partial charge is 0.130 e. The van der Waals surface area contributed by atoms with Gasteiger partial charge in [0.15, 0.2) is 0 Å². The predicted molar refractivity (Wildman–Crippen MR) is 87.7 cm³/mol. The van der Waals surface area contributed by atoms with Crippen LogP contribution < -0.4 is 10.2 Å². The summed E-state index contributed by atoms with van der Waals surface area (Å²) in [4.78, 5) is 2.04. The molecule has 2 rings (SSSR count). The molecule has 2 aromatic carbocycles. The minimum Gasteiger partial charge on any atom is -0.344 e. The molecule has 1 unspecified atom stereocenters. The monoisotopic (exact) mass is 286 g/mol. The van der Waals surface area contributed by atoms with Gasteiger partial charge in [-0.1, -0.05) is 25.1 Å². The number of hydrogen-bond acceptors (Lipinski definition) is 2. The Labute approximate surface area is 126 Å². The number of halogens is 1. The lowest BCUT2D eigenvalue weighted by Crippen LogP contribution is -2.22. The van der Waals surface area contributed by atoms with Gasteiger partial charge in [-0.3, -0.25) is 0 Å². The van der Waals surface area contributed by atoms with Gasteiger partial charge in [0.25, 0.3) is 0 Å². The molecule has 0 amide bonds. The Bertz CT molecular complexity index is 610. The molecule has 0 aliphatic rings. The average molecular weight is 286 g/mol. The molecule has 2 aromatic rings. The average Bonchev–Trinajstić information content (AvgIpc) is 2.46. The quantitative estimate of drug-likeness (QED) is 0.866. The summed E-state index contributed by atoms with van der Waals surface area (Å²) in [5, 5.41) is 3.29. The van der Waals surface area contributed by atoms with Crippen molar-refractivity contribution in [1.29, 1.82) is 0 Å². The van der Waals surface area contributed by atoms with Gasteiger partial charge in [-0.2, -0.15) is 0 Å². The van der Waals surface area contributed by atoms with Gasteiger partial charge in [-0.05, 0) is 50.2 Å². The summed E-state index contributed by atoms with van der Waals surface area (Å²) in [6.45, 7) is 6.89. The number of anilines is 2. The van der Waals surface area contributed by atoms with Gasteiger partial charge < -0.3 is 10.2 Å². The van der Waals surface area contributed by atoms with E-state index in [1.807, 2.05) is 44.0 Å². The number of nitrogens with zero attached hydrogens (tertiary/aromatic N) is 1. The van der Waals surface area contributed by atoms with Gasteiger partial charge in [0, 0.05) is 30.0 Å². The zero-order valence-electron chi connectivity index (χ0n) is 13.2. The van der Waals surface area contributed by atoms with E-state index in [0.717, 1.165) is 17.9 Å². The van der Waals surface area contributed by atoms with Gasteiger partial charge in [-0.15, -0.1) is 0 Å². The molecule has 2 nitrogen and oxygen atoms in total. The summed E-state index contributed by atoms with van der Waals surface area (Å²) in [5.41, 5.74) is 3.86. The number of rotatable bonds is 5. The van der Waals surface area contributed by atoms with Crippen LogP contribution in [-0.4, -0.2) is 13.6 Å². The van der Waals surface area contributed by atoms with E-state index in [-0.39, 0.29) is 11.9 Å². The maximum atomic E-state index is 14.3. The Morgan fingerprint density at radius 2 is 1.90 bits per heavy atom. The van der Waals surface area contributed by atoms with Crippen LogP contribution >= 0.6 is 0 Å². The molecule has 1 N–H and O–H groups in total. The normalized spacial score (nSPS) is 12.2. The summed E-state index contributed by atoms with van der Waals surface area (Å²) in [7, 11) is 1.98. The fourth-order valence-corrected chi connectivity index (χ4v) is 2.63. The minimum atomic E-state index is -0.166. The molecule has 0 saturated heterocycles. The highest BCUT2D eigenvalue weighted by molar-refractivity contribution is 5.67. The summed E-state index contributed by atoms with van der Waals surface area (Å²) in [6, 6.07) is 13.5. The molecule has 0 aliphatic heterocycles. The van der Waals surface area contributed by atoms with Crippen LogP contribution in [0.3, 0.4) is 0 Å². The van der Waals surface area contributed by atoms with E-state index < -0.39 is 0 Å². The van der Waals surface area contributed by atoms with Crippen LogP contribution in [-0.2, 0) is 0 Å². The van der Waals surface area contributed by atoms with Crippen molar-refractivity contribution in [3.8, 4) is 0 Å². The van der Waals surface area contributed by atoms with Crippen LogP contribution in [0.15, 0.2) is 42.5 Å². The Balaban J connectivity index is 2.45. The second-order valence-electron chi connectivity index (χ2n) is 5.35. The molecule has 0 bridgehead atoms. The maximum absolute atomic E-state index is 14.3. The molecule has 0 spiro atoms. The van der Waals surface area contributed by atoms with Crippen molar-refractivity contribution in [2.75, 3.05) is 18.5 Å². The van der Waals surface area contributed by atoms with E-state index in [4.69, 9.17) is 0 Å². The molecule has 0 radical (unpaired) electrons. The van der Waals surface area contributed by atoms with Gasteiger partial charge in [0.2, 0.25) is 0 Å². The first-order valence-electron chi connectivity index (χ1n) is 7.36. The number of hydrogen-bond donors (Lipinski definition) is 1. The Hall–Kier alpha value is -1.87. The third kappa shape index (κ3) is 3.42. The van der Waals surface area contributed by atoms with Crippen molar-refractivity contribution >= 4 is 11.4 Å². The highest BCUT2D eigenvalue weighted by Gasteiger charge is 2.18. The second-order valence-corrected chi connectivity index (χ2v) is 5.35. The van der Waals surface area contributed by atoms with Crippen molar-refractivity contribution in [2.45, 2.75) is 26.8 Å². The molecule has 0 aromatic heterocycles. The fraction of sp³-hybridized carbons (Fsp3) is 0.333. The lowest BCUT2D eigenvalue weighted by Gasteiger charge is -2.26. The molecule has 0 saturated carbocycles. The summed E-state index contributed by atoms with van der Waals surface area (Å²) in [6.07, 6.45) is 0. The van der Waals surface area contributed by atoms with Crippen molar-refractivity contribution < 1.29 is 4.39 Å². The van der Waals surface area contributed by atoms with E-state index in [2.05, 4.69) is 24.4 Å². The summed E-state index contributed by atoms with van der Waals surface area (Å²) < 4.78 is 14.3. The van der Waals surface area contributed by atoms with Gasteiger partial charge >= 0.3 is 0 Å². The van der Waals surface area contributed by atoms with E-state index in [9.17, 15) is 4.39 Å². The summed E-state index contributed by atoms with van der Waals surface area (Å²) >= 11 is 0. The predicted octanol–water partition coefficient (Wildman–Crippen LogP) is 4.57. The van der Waals surface area contributed by atoms with Crippen LogP contribution in [0.1, 0.15) is 31.0 Å².